The van der Waals surface area contributed by atoms with Crippen LogP contribution in [0.4, 0.5) is 0 Å². The molecule has 0 heterocycles. The Morgan fingerprint density at radius 1 is 1.83 bits per heavy atom. The van der Waals surface area contributed by atoms with E-state index in [1.54, 1.807) is 0 Å². The van der Waals surface area contributed by atoms with Gasteiger partial charge in [-0.15, -0.1) is 0 Å². The molecular formula is C3H8INO. The minimum Gasteiger partial charge on any atom is -0.395 e. The van der Waals surface area contributed by atoms with Crippen molar-refractivity contribution in [2.75, 3.05) is 20.2 Å². The van der Waals surface area contributed by atoms with E-state index in [-0.39, 0.29) is 6.61 Å². The largest absolute Gasteiger partial charge is 0.395 e. The van der Waals surface area contributed by atoms with Gasteiger partial charge in [-0.25, -0.2) is 3.11 Å². The van der Waals surface area contributed by atoms with Gasteiger partial charge >= 0.3 is 0 Å². The number of aliphatic hydroxyl groups excluding tert-OH is 1. The van der Waals surface area contributed by atoms with Crippen LogP contribution in [0.2, 0.25) is 0 Å². The van der Waals surface area contributed by atoms with Gasteiger partial charge in [-0.2, -0.15) is 0 Å². The average molecular weight is 201 g/mol. The van der Waals surface area contributed by atoms with E-state index in [0.717, 1.165) is 6.54 Å². The highest BCUT2D eigenvalue weighted by molar-refractivity contribution is 14.1. The second kappa shape index (κ2) is 3.83. The van der Waals surface area contributed by atoms with Crippen LogP contribution in [0, 0.1) is 0 Å². The fraction of sp³-hybridized carbons (Fsp3) is 1.00. The molecular weight excluding hydrogens is 193 g/mol. The normalized spacial score (nSPS) is 10.0. The lowest BCUT2D eigenvalue weighted by Gasteiger charge is -2.00. The Labute approximate surface area is 51.6 Å². The Morgan fingerprint density at radius 3 is 2.33 bits per heavy atom. The topological polar surface area (TPSA) is 23.5 Å². The molecule has 0 bridgehead atoms. The molecule has 0 atom stereocenters. The molecule has 0 aliphatic rings. The molecule has 0 saturated carbocycles. The van der Waals surface area contributed by atoms with Crippen LogP contribution in [-0.4, -0.2) is 28.4 Å². The first-order valence-corrected chi connectivity index (χ1v) is 2.71. The molecule has 0 aromatic heterocycles. The van der Waals surface area contributed by atoms with Crippen molar-refractivity contribution in [1.82, 2.24) is 3.11 Å². The number of aliphatic hydroxyl groups is 1. The highest BCUT2D eigenvalue weighted by Gasteiger charge is 1.83. The van der Waals surface area contributed by atoms with E-state index in [9.17, 15) is 0 Å². The first-order chi connectivity index (χ1) is 2.77. The van der Waals surface area contributed by atoms with Gasteiger partial charge in [0.05, 0.1) is 6.61 Å². The predicted octanol–water partition coefficient (Wildman–Crippen LogP) is 0.261. The number of likely N-dealkylation sites (N-methyl/N-ethyl adjacent to an activating group) is 1. The van der Waals surface area contributed by atoms with E-state index in [2.05, 4.69) is 22.9 Å². The number of rotatable bonds is 2. The molecule has 1 N–H and O–H groups in total. The molecule has 0 amide bonds. The van der Waals surface area contributed by atoms with Gasteiger partial charge in [0.1, 0.15) is 0 Å². The lowest BCUT2D eigenvalue weighted by molar-refractivity contribution is 0.278. The summed E-state index contributed by atoms with van der Waals surface area (Å²) in [5, 5.41) is 8.19. The number of halogens is 1. The summed E-state index contributed by atoms with van der Waals surface area (Å²) in [6.45, 7) is 1.000. The summed E-state index contributed by atoms with van der Waals surface area (Å²) in [4.78, 5) is 0. The van der Waals surface area contributed by atoms with E-state index >= 15 is 0 Å². The quantitative estimate of drug-likeness (QED) is 0.511. The fourth-order valence-electron chi connectivity index (χ4n) is 0.138. The Morgan fingerprint density at radius 2 is 2.33 bits per heavy atom. The van der Waals surface area contributed by atoms with Gasteiger partial charge in [0, 0.05) is 29.4 Å². The van der Waals surface area contributed by atoms with Crippen molar-refractivity contribution in [3.63, 3.8) is 0 Å². The van der Waals surface area contributed by atoms with E-state index in [1.807, 2.05) is 10.2 Å². The fourth-order valence-corrected chi connectivity index (χ4v) is 0.354. The van der Waals surface area contributed by atoms with E-state index in [0.29, 0.717) is 0 Å². The molecule has 0 saturated heterocycles. The standard InChI is InChI=1S/C3H8INO/c1-5(4)2-3-6/h6H,2-3H2,1H3. The summed E-state index contributed by atoms with van der Waals surface area (Å²) in [5.74, 6) is 0. The minimum absolute atomic E-state index is 0.249. The van der Waals surface area contributed by atoms with Crippen LogP contribution in [0.15, 0.2) is 0 Å². The van der Waals surface area contributed by atoms with Gasteiger partial charge in [-0.05, 0) is 7.05 Å². The lowest BCUT2D eigenvalue weighted by atomic mass is 10.7. The second-order valence-electron chi connectivity index (χ2n) is 1.05. The van der Waals surface area contributed by atoms with Gasteiger partial charge in [0.15, 0.2) is 0 Å². The van der Waals surface area contributed by atoms with Crippen molar-refractivity contribution < 1.29 is 5.11 Å². The first-order valence-electron chi connectivity index (χ1n) is 1.75. The average Bonchev–Trinajstić information content (AvgIpc) is 1.35. The van der Waals surface area contributed by atoms with Crippen LogP contribution in [0.5, 0.6) is 0 Å². The molecule has 0 aliphatic carbocycles. The van der Waals surface area contributed by atoms with Gasteiger partial charge in [0.25, 0.3) is 0 Å². The van der Waals surface area contributed by atoms with E-state index in [4.69, 9.17) is 5.11 Å². The van der Waals surface area contributed by atoms with Crippen molar-refractivity contribution in [2.45, 2.75) is 0 Å². The second-order valence-corrected chi connectivity index (χ2v) is 2.70. The maximum absolute atomic E-state index is 8.19. The highest BCUT2D eigenvalue weighted by Crippen LogP contribution is 1.87. The summed E-state index contributed by atoms with van der Waals surface area (Å²) in [6, 6.07) is 0. The summed E-state index contributed by atoms with van der Waals surface area (Å²) < 4.78 is 1.90. The maximum Gasteiger partial charge on any atom is 0.0566 e. The lowest BCUT2D eigenvalue weighted by Crippen LogP contribution is -2.08. The third-order valence-electron chi connectivity index (χ3n) is 0.408. The van der Waals surface area contributed by atoms with Crippen LogP contribution in [0.1, 0.15) is 0 Å². The number of nitrogens with zero attached hydrogens (tertiary/aromatic N) is 1. The Hall–Kier alpha value is 0.650. The third kappa shape index (κ3) is 4.65. The van der Waals surface area contributed by atoms with Gasteiger partial charge in [-0.1, -0.05) is 0 Å². The molecule has 0 spiro atoms. The summed E-state index contributed by atoms with van der Waals surface area (Å²) in [7, 11) is 1.91. The summed E-state index contributed by atoms with van der Waals surface area (Å²) in [6.07, 6.45) is 0. The molecule has 0 fully saturated rings. The van der Waals surface area contributed by atoms with E-state index in [1.165, 1.54) is 0 Å². The molecule has 2 nitrogen and oxygen atoms in total. The van der Waals surface area contributed by atoms with Crippen molar-refractivity contribution in [3.8, 4) is 0 Å². The molecule has 3 heteroatoms. The number of hydrogen-bond acceptors (Lipinski definition) is 2. The van der Waals surface area contributed by atoms with Gasteiger partial charge in [0.2, 0.25) is 0 Å². The minimum atomic E-state index is 0.249. The van der Waals surface area contributed by atoms with Gasteiger partial charge < -0.3 is 5.11 Å². The third-order valence-corrected chi connectivity index (χ3v) is 0.891. The molecule has 0 rings (SSSR count). The van der Waals surface area contributed by atoms with Crippen molar-refractivity contribution in [1.29, 1.82) is 0 Å². The summed E-state index contributed by atoms with van der Waals surface area (Å²) >= 11 is 2.12. The number of hydrogen-bond donors (Lipinski definition) is 1. The molecule has 0 aromatic carbocycles. The summed E-state index contributed by atoms with van der Waals surface area (Å²) in [5.41, 5.74) is 0. The monoisotopic (exact) mass is 201 g/mol. The smallest absolute Gasteiger partial charge is 0.0566 e. The molecule has 0 aliphatic heterocycles. The van der Waals surface area contributed by atoms with Crippen LogP contribution in [-0.2, 0) is 0 Å². The van der Waals surface area contributed by atoms with E-state index < -0.39 is 0 Å². The zero-order chi connectivity index (χ0) is 4.99. The van der Waals surface area contributed by atoms with Crippen molar-refractivity contribution in [2.24, 2.45) is 0 Å². The predicted molar refractivity (Wildman–Crippen MR) is 33.7 cm³/mol. The zero-order valence-corrected chi connectivity index (χ0v) is 5.84. The Balaban J connectivity index is 2.63. The molecule has 38 valence electrons. The molecule has 0 unspecified atom stereocenters. The van der Waals surface area contributed by atoms with Crippen molar-refractivity contribution >= 4 is 22.9 Å². The van der Waals surface area contributed by atoms with Crippen LogP contribution < -0.4 is 0 Å². The van der Waals surface area contributed by atoms with Crippen LogP contribution in [0.25, 0.3) is 0 Å². The Bertz CT molecular complexity index is 32.0. The maximum atomic E-state index is 8.19. The SMILES string of the molecule is CN(I)CCO. The van der Waals surface area contributed by atoms with Gasteiger partial charge in [-0.3, -0.25) is 0 Å². The zero-order valence-electron chi connectivity index (χ0n) is 3.69. The molecule has 6 heavy (non-hydrogen) atoms. The van der Waals surface area contributed by atoms with Crippen molar-refractivity contribution in [3.05, 3.63) is 0 Å². The first kappa shape index (κ1) is 6.65. The highest BCUT2D eigenvalue weighted by atomic mass is 127. The van der Waals surface area contributed by atoms with Crippen LogP contribution in [0.3, 0.4) is 0 Å². The van der Waals surface area contributed by atoms with Crippen LogP contribution >= 0.6 is 22.9 Å². The molecule has 0 radical (unpaired) electrons. The molecule has 0 aromatic rings. The Kier molecular flexibility index (Phi) is 4.24.